The van der Waals surface area contributed by atoms with Crippen LogP contribution < -0.4 is 20.7 Å². The minimum Gasteiger partial charge on any atom is -0.457 e. The van der Waals surface area contributed by atoms with Gasteiger partial charge in [0.1, 0.15) is 28.5 Å². The number of ether oxygens (including phenoxy) is 1. The lowest BCUT2D eigenvalue weighted by atomic mass is 10.00. The first-order valence-electron chi connectivity index (χ1n) is 14.3. The molecule has 3 aromatic rings. The van der Waals surface area contributed by atoms with Crippen molar-refractivity contribution in [3.05, 3.63) is 72.7 Å². The van der Waals surface area contributed by atoms with Crippen molar-refractivity contribution >= 4 is 35.0 Å². The molecule has 1 aliphatic carbocycles. The second-order valence-corrected chi connectivity index (χ2v) is 11.1. The number of piperidine rings is 1. The van der Waals surface area contributed by atoms with Crippen LogP contribution in [0, 0.1) is 11.2 Å². The van der Waals surface area contributed by atoms with Gasteiger partial charge in [0.2, 0.25) is 11.8 Å². The Balaban J connectivity index is 1.12. The Morgan fingerprint density at radius 1 is 0.929 bits per heavy atom. The Morgan fingerprint density at radius 3 is 2.14 bits per heavy atom. The van der Waals surface area contributed by atoms with Gasteiger partial charge in [0.05, 0.1) is 0 Å². The van der Waals surface area contributed by atoms with Crippen LogP contribution in [0.5, 0.6) is 11.5 Å². The molecule has 1 saturated carbocycles. The second-order valence-electron chi connectivity index (χ2n) is 11.1. The van der Waals surface area contributed by atoms with Gasteiger partial charge in [-0.1, -0.05) is 0 Å². The lowest BCUT2D eigenvalue weighted by Crippen LogP contribution is -2.51. The fourth-order valence-electron chi connectivity index (χ4n) is 5.55. The van der Waals surface area contributed by atoms with Crippen LogP contribution in [-0.2, 0) is 9.59 Å². The third kappa shape index (κ3) is 5.64. The van der Waals surface area contributed by atoms with Gasteiger partial charge in [0.25, 0.3) is 0 Å². The molecule has 0 atom stereocenters. The van der Waals surface area contributed by atoms with E-state index in [1.807, 2.05) is 4.90 Å². The van der Waals surface area contributed by atoms with E-state index in [1.165, 1.54) is 35.6 Å². The largest absolute Gasteiger partial charge is 0.457 e. The van der Waals surface area contributed by atoms with Gasteiger partial charge < -0.3 is 20.3 Å². The number of carbonyl (C=O) groups is 3. The Kier molecular flexibility index (Phi) is 7.51. The SMILES string of the molecule is NC(=O)C1(C(=O)N(c2ccc(F)cc2)c2ccc(Oc3ccnc(NC(=O)N4CCC(N5CCC5)CC4)c3)cc2)CC1. The van der Waals surface area contributed by atoms with Crippen molar-refractivity contribution in [3.63, 3.8) is 0 Å². The third-order valence-electron chi connectivity index (χ3n) is 8.37. The van der Waals surface area contributed by atoms with Gasteiger partial charge in [-0.15, -0.1) is 0 Å². The molecule has 3 N–H and O–H groups in total. The van der Waals surface area contributed by atoms with Crippen LogP contribution in [0.15, 0.2) is 66.9 Å². The number of aromatic nitrogens is 1. The zero-order valence-corrected chi connectivity index (χ0v) is 23.2. The number of pyridine rings is 1. The second kappa shape index (κ2) is 11.4. The zero-order valence-electron chi connectivity index (χ0n) is 23.2. The van der Waals surface area contributed by atoms with Crippen LogP contribution in [0.1, 0.15) is 32.1 Å². The normalized spacial score (nSPS) is 18.1. The summed E-state index contributed by atoms with van der Waals surface area (Å²) >= 11 is 0. The third-order valence-corrected chi connectivity index (χ3v) is 8.37. The van der Waals surface area contributed by atoms with E-state index in [4.69, 9.17) is 10.5 Å². The standard InChI is InChI=1S/C31H33FN6O4/c32-21-2-4-23(5-3-21)38(29(40)31(13-14-31)28(33)39)24-6-8-25(9-7-24)42-26-10-15-34-27(20-26)35-30(41)37-18-11-22(12-19-37)36-16-1-17-36/h2-10,15,20,22H,1,11-14,16-19H2,(H2,33,39)(H,34,35,41). The van der Waals surface area contributed by atoms with Crippen LogP contribution in [0.3, 0.4) is 0 Å². The van der Waals surface area contributed by atoms with E-state index in [9.17, 15) is 18.8 Å². The lowest BCUT2D eigenvalue weighted by molar-refractivity contribution is -0.133. The van der Waals surface area contributed by atoms with Crippen molar-refractivity contribution in [2.75, 3.05) is 36.4 Å². The molecule has 0 bridgehead atoms. The smallest absolute Gasteiger partial charge is 0.323 e. The molecule has 42 heavy (non-hydrogen) atoms. The minimum absolute atomic E-state index is 0.180. The van der Waals surface area contributed by atoms with Gasteiger partial charge in [-0.2, -0.15) is 0 Å². The molecule has 11 heteroatoms. The number of nitrogens with zero attached hydrogens (tertiary/aromatic N) is 4. The maximum atomic E-state index is 13.6. The van der Waals surface area contributed by atoms with E-state index >= 15 is 0 Å². The molecule has 0 spiro atoms. The number of nitrogens with one attached hydrogen (secondary N) is 1. The van der Waals surface area contributed by atoms with Gasteiger partial charge >= 0.3 is 6.03 Å². The highest BCUT2D eigenvalue weighted by atomic mass is 19.1. The summed E-state index contributed by atoms with van der Waals surface area (Å²) in [4.78, 5) is 48.4. The number of likely N-dealkylation sites (tertiary alicyclic amines) is 2. The molecule has 1 aromatic heterocycles. The summed E-state index contributed by atoms with van der Waals surface area (Å²) in [5.41, 5.74) is 5.21. The summed E-state index contributed by atoms with van der Waals surface area (Å²) in [5.74, 6) is -0.218. The zero-order chi connectivity index (χ0) is 29.3. The van der Waals surface area contributed by atoms with Gasteiger partial charge in [0.15, 0.2) is 0 Å². The van der Waals surface area contributed by atoms with E-state index in [0.29, 0.717) is 60.7 Å². The molecular weight excluding hydrogens is 539 g/mol. The number of anilines is 3. The van der Waals surface area contributed by atoms with Crippen LogP contribution in [0.4, 0.5) is 26.4 Å². The van der Waals surface area contributed by atoms with Crippen LogP contribution in [-0.4, -0.2) is 64.9 Å². The number of amides is 4. The minimum atomic E-state index is -1.26. The predicted molar refractivity (Wildman–Crippen MR) is 155 cm³/mol. The molecule has 3 heterocycles. The lowest BCUT2D eigenvalue weighted by Gasteiger charge is -2.42. The average molecular weight is 573 g/mol. The van der Waals surface area contributed by atoms with E-state index in [1.54, 1.807) is 42.6 Å². The molecule has 3 aliphatic rings. The fourth-order valence-corrected chi connectivity index (χ4v) is 5.55. The van der Waals surface area contributed by atoms with E-state index in [2.05, 4.69) is 15.2 Å². The first-order chi connectivity index (χ1) is 20.3. The van der Waals surface area contributed by atoms with Gasteiger partial charge in [-0.25, -0.2) is 14.2 Å². The van der Waals surface area contributed by atoms with Gasteiger partial charge in [0, 0.05) is 42.8 Å². The number of primary amides is 1. The van der Waals surface area contributed by atoms with E-state index in [-0.39, 0.29) is 6.03 Å². The summed E-state index contributed by atoms with van der Waals surface area (Å²) < 4.78 is 19.6. The summed E-state index contributed by atoms with van der Waals surface area (Å²) in [6.45, 7) is 3.76. The van der Waals surface area contributed by atoms with Gasteiger partial charge in [-0.3, -0.25) is 19.8 Å². The number of halogens is 1. The van der Waals surface area contributed by atoms with Crippen LogP contribution >= 0.6 is 0 Å². The molecule has 4 amide bonds. The van der Waals surface area contributed by atoms with Crippen LogP contribution in [0.25, 0.3) is 0 Å². The Labute approximate surface area is 243 Å². The van der Waals surface area contributed by atoms with Crippen molar-refractivity contribution in [1.82, 2.24) is 14.8 Å². The molecule has 6 rings (SSSR count). The predicted octanol–water partition coefficient (Wildman–Crippen LogP) is 4.65. The summed E-state index contributed by atoms with van der Waals surface area (Å²) in [6, 6.07) is 15.9. The first-order valence-corrected chi connectivity index (χ1v) is 14.3. The van der Waals surface area contributed by atoms with E-state index in [0.717, 1.165) is 25.9 Å². The number of hydrogen-bond acceptors (Lipinski definition) is 6. The molecular formula is C31H33FN6O4. The monoisotopic (exact) mass is 572 g/mol. The Morgan fingerprint density at radius 2 is 1.57 bits per heavy atom. The Hall–Kier alpha value is -4.51. The molecule has 218 valence electrons. The summed E-state index contributed by atoms with van der Waals surface area (Å²) in [5, 5.41) is 2.87. The highest BCUT2D eigenvalue weighted by Crippen LogP contribution is 2.49. The topological polar surface area (TPSA) is 121 Å². The summed E-state index contributed by atoms with van der Waals surface area (Å²) in [7, 11) is 0. The molecule has 2 aromatic carbocycles. The molecule has 3 fully saturated rings. The fraction of sp³-hybridized carbons (Fsp3) is 0.355. The van der Waals surface area contributed by atoms with Crippen molar-refractivity contribution in [2.45, 2.75) is 38.1 Å². The highest BCUT2D eigenvalue weighted by Gasteiger charge is 2.57. The molecule has 10 nitrogen and oxygen atoms in total. The van der Waals surface area contributed by atoms with Gasteiger partial charge in [-0.05, 0) is 99.8 Å². The quantitative estimate of drug-likeness (QED) is 0.379. The molecule has 0 unspecified atom stereocenters. The van der Waals surface area contributed by atoms with Crippen molar-refractivity contribution in [1.29, 1.82) is 0 Å². The molecule has 2 saturated heterocycles. The number of benzene rings is 2. The number of hydrogen-bond donors (Lipinski definition) is 2. The van der Waals surface area contributed by atoms with Crippen LogP contribution in [0.2, 0.25) is 0 Å². The number of rotatable bonds is 8. The Bertz CT molecular complexity index is 1470. The number of urea groups is 1. The summed E-state index contributed by atoms with van der Waals surface area (Å²) in [6.07, 6.45) is 5.53. The van der Waals surface area contributed by atoms with Crippen molar-refractivity contribution in [3.8, 4) is 11.5 Å². The first kappa shape index (κ1) is 27.6. The number of carbonyl (C=O) groups excluding carboxylic acids is 3. The maximum absolute atomic E-state index is 13.6. The van der Waals surface area contributed by atoms with Crippen molar-refractivity contribution in [2.24, 2.45) is 11.1 Å². The highest BCUT2D eigenvalue weighted by molar-refractivity contribution is 6.16. The maximum Gasteiger partial charge on any atom is 0.323 e. The molecule has 2 aliphatic heterocycles. The van der Waals surface area contributed by atoms with E-state index < -0.39 is 23.0 Å². The number of nitrogens with two attached hydrogens (primary N) is 1. The average Bonchev–Trinajstić information content (AvgIpc) is 3.77. The van der Waals surface area contributed by atoms with Crippen molar-refractivity contribution < 1.29 is 23.5 Å². The molecule has 0 radical (unpaired) electrons.